The molecule has 1 N–H and O–H groups in total. The normalized spacial score (nSPS) is 13.3. The predicted molar refractivity (Wildman–Crippen MR) is 118 cm³/mol. The van der Waals surface area contributed by atoms with Gasteiger partial charge in [-0.25, -0.2) is 4.39 Å². The molecule has 5 nitrogen and oxygen atoms in total. The summed E-state index contributed by atoms with van der Waals surface area (Å²) in [7, 11) is 3.90. The summed E-state index contributed by atoms with van der Waals surface area (Å²) in [6.45, 7) is 4.42. The van der Waals surface area contributed by atoms with Crippen LogP contribution in [0, 0.1) is 11.7 Å². The van der Waals surface area contributed by atoms with Crippen LogP contribution in [-0.2, 0) is 11.3 Å². The molecule has 1 saturated carbocycles. The lowest BCUT2D eigenvalue weighted by Crippen LogP contribution is -2.33. The number of rotatable bonds is 8. The molecule has 0 atom stereocenters. The van der Waals surface area contributed by atoms with Gasteiger partial charge < -0.3 is 15.1 Å². The molecule has 0 aromatic heterocycles. The summed E-state index contributed by atoms with van der Waals surface area (Å²) < 4.78 is 13.7. The van der Waals surface area contributed by atoms with Crippen molar-refractivity contribution < 1.29 is 14.0 Å². The average molecular weight is 412 g/mol. The SMILES string of the molecule is CC(C)CC(=O)Nc1ccc(N(C)C)c(CN(C(=O)c2cccc(F)c2)C2CC2)c1. The van der Waals surface area contributed by atoms with Gasteiger partial charge in [-0.1, -0.05) is 19.9 Å². The third-order valence-electron chi connectivity index (χ3n) is 5.10. The lowest BCUT2D eigenvalue weighted by atomic mass is 10.1. The maximum atomic E-state index is 13.7. The van der Waals surface area contributed by atoms with Crippen LogP contribution in [0.15, 0.2) is 42.5 Å². The molecular formula is C24H30FN3O2. The van der Waals surface area contributed by atoms with Crippen molar-refractivity contribution in [2.45, 2.75) is 45.7 Å². The van der Waals surface area contributed by atoms with Gasteiger partial charge >= 0.3 is 0 Å². The van der Waals surface area contributed by atoms with Crippen molar-refractivity contribution in [1.82, 2.24) is 4.90 Å². The quantitative estimate of drug-likeness (QED) is 0.686. The van der Waals surface area contributed by atoms with Crippen LogP contribution in [0.2, 0.25) is 0 Å². The Morgan fingerprint density at radius 3 is 2.47 bits per heavy atom. The van der Waals surface area contributed by atoms with Gasteiger partial charge in [0.05, 0.1) is 0 Å². The van der Waals surface area contributed by atoms with E-state index in [0.29, 0.717) is 18.5 Å². The van der Waals surface area contributed by atoms with Gasteiger partial charge in [-0.15, -0.1) is 0 Å². The molecule has 0 spiro atoms. The predicted octanol–water partition coefficient (Wildman–Crippen LogP) is 4.68. The average Bonchev–Trinajstić information content (AvgIpc) is 3.50. The molecule has 2 amide bonds. The van der Waals surface area contributed by atoms with E-state index in [1.54, 1.807) is 12.1 Å². The summed E-state index contributed by atoms with van der Waals surface area (Å²) >= 11 is 0. The number of hydrogen-bond acceptors (Lipinski definition) is 3. The molecule has 1 aliphatic rings. The van der Waals surface area contributed by atoms with Crippen LogP contribution in [0.1, 0.15) is 49.0 Å². The molecule has 2 aromatic carbocycles. The Kier molecular flexibility index (Phi) is 6.75. The highest BCUT2D eigenvalue weighted by Gasteiger charge is 2.33. The van der Waals surface area contributed by atoms with Crippen LogP contribution in [-0.4, -0.2) is 36.9 Å². The van der Waals surface area contributed by atoms with Crippen molar-refractivity contribution >= 4 is 23.2 Å². The van der Waals surface area contributed by atoms with Gasteiger partial charge in [0.25, 0.3) is 5.91 Å². The van der Waals surface area contributed by atoms with E-state index in [9.17, 15) is 14.0 Å². The number of benzene rings is 2. The van der Waals surface area contributed by atoms with Gasteiger partial charge in [-0.05, 0) is 60.7 Å². The van der Waals surface area contributed by atoms with Crippen LogP contribution in [0.4, 0.5) is 15.8 Å². The zero-order valence-electron chi connectivity index (χ0n) is 18.1. The number of anilines is 2. The molecule has 0 unspecified atom stereocenters. The van der Waals surface area contributed by atoms with Crippen LogP contribution in [0.3, 0.4) is 0 Å². The van der Waals surface area contributed by atoms with E-state index in [2.05, 4.69) is 5.32 Å². The van der Waals surface area contributed by atoms with E-state index in [-0.39, 0.29) is 23.8 Å². The molecule has 2 aromatic rings. The summed E-state index contributed by atoms with van der Waals surface area (Å²) in [4.78, 5) is 29.1. The van der Waals surface area contributed by atoms with E-state index in [0.717, 1.165) is 29.8 Å². The van der Waals surface area contributed by atoms with Crippen molar-refractivity contribution in [3.63, 3.8) is 0 Å². The number of carbonyl (C=O) groups is 2. The molecule has 30 heavy (non-hydrogen) atoms. The Morgan fingerprint density at radius 1 is 1.13 bits per heavy atom. The van der Waals surface area contributed by atoms with E-state index >= 15 is 0 Å². The second-order valence-electron chi connectivity index (χ2n) is 8.56. The monoisotopic (exact) mass is 411 g/mol. The fraction of sp³-hybridized carbons (Fsp3) is 0.417. The number of halogens is 1. The molecule has 0 bridgehead atoms. The second-order valence-corrected chi connectivity index (χ2v) is 8.56. The highest BCUT2D eigenvalue weighted by Crippen LogP contribution is 2.33. The van der Waals surface area contributed by atoms with Gasteiger partial charge in [-0.3, -0.25) is 9.59 Å². The number of carbonyl (C=O) groups excluding carboxylic acids is 2. The molecule has 1 aliphatic carbocycles. The minimum Gasteiger partial charge on any atom is -0.377 e. The van der Waals surface area contributed by atoms with E-state index in [1.807, 2.05) is 55.9 Å². The molecule has 1 fully saturated rings. The third kappa shape index (κ3) is 5.59. The molecule has 0 saturated heterocycles. The minimum absolute atomic E-state index is 0.0246. The number of nitrogens with zero attached hydrogens (tertiary/aromatic N) is 2. The van der Waals surface area contributed by atoms with Crippen molar-refractivity contribution in [1.29, 1.82) is 0 Å². The molecular weight excluding hydrogens is 381 g/mol. The van der Waals surface area contributed by atoms with Crippen LogP contribution in [0.5, 0.6) is 0 Å². The van der Waals surface area contributed by atoms with E-state index < -0.39 is 5.82 Å². The van der Waals surface area contributed by atoms with Gasteiger partial charge in [0.15, 0.2) is 0 Å². The molecule has 0 radical (unpaired) electrons. The lowest BCUT2D eigenvalue weighted by molar-refractivity contribution is -0.116. The molecule has 0 heterocycles. The van der Waals surface area contributed by atoms with Gasteiger partial charge in [0.2, 0.25) is 5.91 Å². The minimum atomic E-state index is -0.416. The Hall–Kier alpha value is -2.89. The first kappa shape index (κ1) is 21.8. The maximum Gasteiger partial charge on any atom is 0.254 e. The third-order valence-corrected chi connectivity index (χ3v) is 5.10. The standard InChI is InChI=1S/C24H30FN3O2/c1-16(2)12-23(29)26-20-8-11-22(27(3)4)18(14-20)15-28(21-9-10-21)24(30)17-6-5-7-19(25)13-17/h5-8,11,13-14,16,21H,9-10,12,15H2,1-4H3,(H,26,29). The molecule has 0 aliphatic heterocycles. The van der Waals surface area contributed by atoms with E-state index in [4.69, 9.17) is 0 Å². The largest absolute Gasteiger partial charge is 0.377 e. The first-order valence-corrected chi connectivity index (χ1v) is 10.4. The van der Waals surface area contributed by atoms with Crippen molar-refractivity contribution in [2.75, 3.05) is 24.3 Å². The van der Waals surface area contributed by atoms with Gasteiger partial charge in [-0.2, -0.15) is 0 Å². The fourth-order valence-corrected chi connectivity index (χ4v) is 3.53. The van der Waals surface area contributed by atoms with Gasteiger partial charge in [0.1, 0.15) is 5.82 Å². The number of hydrogen-bond donors (Lipinski definition) is 1. The second kappa shape index (κ2) is 9.28. The molecule has 3 rings (SSSR count). The van der Waals surface area contributed by atoms with Crippen molar-refractivity contribution in [3.05, 3.63) is 59.4 Å². The van der Waals surface area contributed by atoms with Crippen LogP contribution >= 0.6 is 0 Å². The maximum absolute atomic E-state index is 13.7. The first-order valence-electron chi connectivity index (χ1n) is 10.4. The smallest absolute Gasteiger partial charge is 0.254 e. The molecule has 160 valence electrons. The Labute approximate surface area is 177 Å². The summed E-state index contributed by atoms with van der Waals surface area (Å²) in [5, 5.41) is 2.96. The number of nitrogens with one attached hydrogen (secondary N) is 1. The Bertz CT molecular complexity index is 922. The zero-order valence-corrected chi connectivity index (χ0v) is 18.1. The zero-order chi connectivity index (χ0) is 21.8. The van der Waals surface area contributed by atoms with Crippen molar-refractivity contribution in [3.8, 4) is 0 Å². The molecule has 6 heteroatoms. The Morgan fingerprint density at radius 2 is 1.87 bits per heavy atom. The highest BCUT2D eigenvalue weighted by atomic mass is 19.1. The first-order chi connectivity index (χ1) is 14.2. The summed E-state index contributed by atoms with van der Waals surface area (Å²) in [5.41, 5.74) is 3.00. The number of amides is 2. The van der Waals surface area contributed by atoms with E-state index in [1.165, 1.54) is 12.1 Å². The Balaban J connectivity index is 1.86. The fourth-order valence-electron chi connectivity index (χ4n) is 3.53. The lowest BCUT2D eigenvalue weighted by Gasteiger charge is -2.26. The topological polar surface area (TPSA) is 52.7 Å². The summed E-state index contributed by atoms with van der Waals surface area (Å²) in [6.07, 6.45) is 2.35. The van der Waals surface area contributed by atoms with Crippen LogP contribution in [0.25, 0.3) is 0 Å². The highest BCUT2D eigenvalue weighted by molar-refractivity contribution is 5.95. The van der Waals surface area contributed by atoms with Crippen LogP contribution < -0.4 is 10.2 Å². The van der Waals surface area contributed by atoms with Crippen molar-refractivity contribution in [2.24, 2.45) is 5.92 Å². The summed E-state index contributed by atoms with van der Waals surface area (Å²) in [5.74, 6) is -0.334. The summed E-state index contributed by atoms with van der Waals surface area (Å²) in [6, 6.07) is 11.8. The van der Waals surface area contributed by atoms with Gasteiger partial charge in [0, 0.05) is 50.0 Å².